The van der Waals surface area contributed by atoms with Crippen LogP contribution >= 0.6 is 0 Å². The lowest BCUT2D eigenvalue weighted by Gasteiger charge is -1.94. The van der Waals surface area contributed by atoms with E-state index in [2.05, 4.69) is 11.6 Å². The van der Waals surface area contributed by atoms with Gasteiger partial charge in [-0.15, -0.1) is 0 Å². The molecular formula is C6H9N3. The summed E-state index contributed by atoms with van der Waals surface area (Å²) in [5, 5.41) is 0. The van der Waals surface area contributed by atoms with Gasteiger partial charge in [0.25, 0.3) is 0 Å². The molecule has 2 N–H and O–H groups in total. The molecule has 1 rings (SSSR count). The second-order valence-electron chi connectivity index (χ2n) is 1.64. The van der Waals surface area contributed by atoms with E-state index in [1.165, 1.54) is 0 Å². The Bertz CT molecular complexity index is 202. The molecule has 0 atom stereocenters. The number of aromatic nitrogens is 2. The quantitative estimate of drug-likeness (QED) is 0.620. The molecule has 0 unspecified atom stereocenters. The highest BCUT2D eigenvalue weighted by atomic mass is 15.1. The van der Waals surface area contributed by atoms with Gasteiger partial charge in [0.2, 0.25) is 0 Å². The minimum Gasteiger partial charge on any atom is -0.324 e. The highest BCUT2D eigenvalue weighted by Crippen LogP contribution is 1.94. The van der Waals surface area contributed by atoms with E-state index in [0.29, 0.717) is 6.54 Å². The summed E-state index contributed by atoms with van der Waals surface area (Å²) in [5.41, 5.74) is 5.34. The molecule has 1 aromatic heterocycles. The first-order valence-electron chi connectivity index (χ1n) is 2.73. The maximum atomic E-state index is 5.34. The van der Waals surface area contributed by atoms with Gasteiger partial charge in [-0.3, -0.25) is 0 Å². The summed E-state index contributed by atoms with van der Waals surface area (Å²) in [7, 11) is 0. The van der Waals surface area contributed by atoms with Crippen LogP contribution in [0.3, 0.4) is 0 Å². The number of hydrogen-bond donors (Lipinski definition) is 1. The predicted molar refractivity (Wildman–Crippen MR) is 36.5 cm³/mol. The second-order valence-corrected chi connectivity index (χ2v) is 1.64. The third kappa shape index (κ3) is 1.000. The number of nitrogens with two attached hydrogens (primary N) is 1. The monoisotopic (exact) mass is 123 g/mol. The molecule has 0 saturated carbocycles. The Balaban J connectivity index is 2.98. The van der Waals surface area contributed by atoms with Gasteiger partial charge in [0.1, 0.15) is 5.82 Å². The Morgan fingerprint density at radius 1 is 1.89 bits per heavy atom. The van der Waals surface area contributed by atoms with Crippen LogP contribution in [-0.4, -0.2) is 9.55 Å². The van der Waals surface area contributed by atoms with Crippen molar-refractivity contribution >= 4 is 6.20 Å². The van der Waals surface area contributed by atoms with Crippen LogP contribution in [0.25, 0.3) is 6.20 Å². The largest absolute Gasteiger partial charge is 0.324 e. The second kappa shape index (κ2) is 2.46. The van der Waals surface area contributed by atoms with E-state index in [0.717, 1.165) is 5.82 Å². The lowest BCUT2D eigenvalue weighted by atomic mass is 10.6. The molecule has 1 heterocycles. The topological polar surface area (TPSA) is 43.8 Å². The molecule has 3 heteroatoms. The summed E-state index contributed by atoms with van der Waals surface area (Å²) < 4.78 is 1.79. The van der Waals surface area contributed by atoms with Crippen LogP contribution in [0.15, 0.2) is 19.0 Å². The Kier molecular flexibility index (Phi) is 1.65. The lowest BCUT2D eigenvalue weighted by Crippen LogP contribution is -2.02. The zero-order valence-electron chi connectivity index (χ0n) is 5.12. The van der Waals surface area contributed by atoms with E-state index >= 15 is 0 Å². The Morgan fingerprint density at radius 2 is 2.67 bits per heavy atom. The Hall–Kier alpha value is -1.09. The van der Waals surface area contributed by atoms with Crippen LogP contribution in [0.5, 0.6) is 0 Å². The van der Waals surface area contributed by atoms with Gasteiger partial charge in [0, 0.05) is 18.6 Å². The normalized spacial score (nSPS) is 9.44. The first-order valence-corrected chi connectivity index (χ1v) is 2.73. The molecule has 0 aliphatic heterocycles. The molecule has 9 heavy (non-hydrogen) atoms. The average Bonchev–Trinajstić information content (AvgIpc) is 2.33. The molecule has 3 nitrogen and oxygen atoms in total. The molecule has 0 bridgehead atoms. The van der Waals surface area contributed by atoms with Crippen molar-refractivity contribution in [2.24, 2.45) is 5.73 Å². The van der Waals surface area contributed by atoms with Crippen molar-refractivity contribution in [3.63, 3.8) is 0 Å². The van der Waals surface area contributed by atoms with Crippen LogP contribution < -0.4 is 5.73 Å². The van der Waals surface area contributed by atoms with Gasteiger partial charge in [-0.2, -0.15) is 0 Å². The molecule has 0 spiro atoms. The fourth-order valence-corrected chi connectivity index (χ4v) is 0.668. The fraction of sp³-hybridized carbons (Fsp3) is 0.167. The van der Waals surface area contributed by atoms with Crippen molar-refractivity contribution in [3.05, 3.63) is 24.8 Å². The molecular weight excluding hydrogens is 114 g/mol. The molecule has 48 valence electrons. The van der Waals surface area contributed by atoms with E-state index in [1.807, 2.05) is 6.20 Å². The number of rotatable bonds is 2. The van der Waals surface area contributed by atoms with E-state index in [4.69, 9.17) is 5.73 Å². The highest BCUT2D eigenvalue weighted by molar-refractivity contribution is 5.19. The van der Waals surface area contributed by atoms with Crippen molar-refractivity contribution in [1.29, 1.82) is 0 Å². The molecule has 0 saturated heterocycles. The SMILES string of the molecule is C=Cn1ccnc1CN. The van der Waals surface area contributed by atoms with Gasteiger partial charge in [0.15, 0.2) is 0 Å². The molecule has 0 fully saturated rings. The van der Waals surface area contributed by atoms with Gasteiger partial charge in [-0.1, -0.05) is 6.58 Å². The fourth-order valence-electron chi connectivity index (χ4n) is 0.668. The smallest absolute Gasteiger partial charge is 0.126 e. The van der Waals surface area contributed by atoms with Crippen molar-refractivity contribution in [1.82, 2.24) is 9.55 Å². The highest BCUT2D eigenvalue weighted by Gasteiger charge is 1.92. The van der Waals surface area contributed by atoms with Crippen LogP contribution in [0, 0.1) is 0 Å². The van der Waals surface area contributed by atoms with Gasteiger partial charge in [-0.05, 0) is 0 Å². The minimum absolute atomic E-state index is 0.457. The van der Waals surface area contributed by atoms with Crippen molar-refractivity contribution in [3.8, 4) is 0 Å². The minimum atomic E-state index is 0.457. The third-order valence-electron chi connectivity index (χ3n) is 1.13. The molecule has 1 aromatic rings. The predicted octanol–water partition coefficient (Wildman–Crippen LogP) is 0.442. The molecule has 0 aliphatic carbocycles. The van der Waals surface area contributed by atoms with Gasteiger partial charge < -0.3 is 10.3 Å². The standard InChI is InChI=1S/C6H9N3/c1-2-9-4-3-8-6(9)5-7/h2-4H,1,5,7H2. The average molecular weight is 123 g/mol. The van der Waals surface area contributed by atoms with Crippen LogP contribution in [-0.2, 0) is 6.54 Å². The first-order chi connectivity index (χ1) is 4.38. The number of nitrogens with zero attached hydrogens (tertiary/aromatic N) is 2. The summed E-state index contributed by atoms with van der Waals surface area (Å²) in [6.45, 7) is 4.04. The Morgan fingerprint density at radius 3 is 3.11 bits per heavy atom. The van der Waals surface area contributed by atoms with Crippen LogP contribution in [0.1, 0.15) is 5.82 Å². The Labute approximate surface area is 53.8 Å². The van der Waals surface area contributed by atoms with Crippen LogP contribution in [0.2, 0.25) is 0 Å². The van der Waals surface area contributed by atoms with E-state index in [-0.39, 0.29) is 0 Å². The summed E-state index contributed by atoms with van der Waals surface area (Å²) in [6, 6.07) is 0. The van der Waals surface area contributed by atoms with E-state index in [1.54, 1.807) is 17.0 Å². The third-order valence-corrected chi connectivity index (χ3v) is 1.13. The summed E-state index contributed by atoms with van der Waals surface area (Å²) in [6.07, 6.45) is 5.19. The molecule has 0 aromatic carbocycles. The van der Waals surface area contributed by atoms with Crippen LogP contribution in [0.4, 0.5) is 0 Å². The number of imidazole rings is 1. The van der Waals surface area contributed by atoms with Gasteiger partial charge in [0.05, 0.1) is 6.54 Å². The summed E-state index contributed by atoms with van der Waals surface area (Å²) >= 11 is 0. The zero-order chi connectivity index (χ0) is 6.69. The van der Waals surface area contributed by atoms with Gasteiger partial charge in [-0.25, -0.2) is 4.98 Å². The first kappa shape index (κ1) is 6.04. The number of hydrogen-bond acceptors (Lipinski definition) is 2. The molecule has 0 aliphatic rings. The maximum absolute atomic E-state index is 5.34. The van der Waals surface area contributed by atoms with Crippen molar-refractivity contribution in [2.45, 2.75) is 6.54 Å². The maximum Gasteiger partial charge on any atom is 0.126 e. The molecule has 0 radical (unpaired) electrons. The summed E-state index contributed by atoms with van der Waals surface area (Å²) in [4.78, 5) is 3.97. The van der Waals surface area contributed by atoms with Crippen molar-refractivity contribution in [2.75, 3.05) is 0 Å². The summed E-state index contributed by atoms with van der Waals surface area (Å²) in [5.74, 6) is 0.838. The van der Waals surface area contributed by atoms with E-state index < -0.39 is 0 Å². The lowest BCUT2D eigenvalue weighted by molar-refractivity contribution is 0.895. The van der Waals surface area contributed by atoms with Gasteiger partial charge >= 0.3 is 0 Å². The van der Waals surface area contributed by atoms with E-state index in [9.17, 15) is 0 Å². The van der Waals surface area contributed by atoms with Crippen molar-refractivity contribution < 1.29 is 0 Å². The zero-order valence-corrected chi connectivity index (χ0v) is 5.12. The molecule has 0 amide bonds.